The molecule has 0 aliphatic heterocycles. The summed E-state index contributed by atoms with van der Waals surface area (Å²) in [5.74, 6) is -0.332. The summed E-state index contributed by atoms with van der Waals surface area (Å²) in [6, 6.07) is 13.2. The number of halogens is 2. The van der Waals surface area contributed by atoms with Crippen LogP contribution in [0.5, 0.6) is 0 Å². The third-order valence-electron chi connectivity index (χ3n) is 3.10. The first-order chi connectivity index (χ1) is 9.67. The number of hydrogen-bond donors (Lipinski definition) is 0. The largest absolute Gasteiger partial charge is 0.423 e. The quantitative estimate of drug-likeness (QED) is 0.474. The maximum absolute atomic E-state index is 13.4. The van der Waals surface area contributed by atoms with Crippen molar-refractivity contribution in [1.82, 2.24) is 0 Å². The number of hydrogen-bond acceptors (Lipinski definition) is 2. The molecule has 0 aliphatic rings. The van der Waals surface area contributed by atoms with Gasteiger partial charge in [-0.25, -0.2) is 9.18 Å². The van der Waals surface area contributed by atoms with Gasteiger partial charge in [0.2, 0.25) is 0 Å². The Hall–Kier alpha value is -1.94. The van der Waals surface area contributed by atoms with Gasteiger partial charge in [0.15, 0.2) is 0 Å². The summed E-state index contributed by atoms with van der Waals surface area (Å²) >= 11 is 3.37. The topological polar surface area (TPSA) is 30.2 Å². The molecule has 0 fully saturated rings. The molecule has 0 amide bonds. The molecule has 0 spiro atoms. The van der Waals surface area contributed by atoms with E-state index in [1.807, 2.05) is 18.2 Å². The summed E-state index contributed by atoms with van der Waals surface area (Å²) in [4.78, 5) is 11.7. The smallest absolute Gasteiger partial charge is 0.336 e. The molecule has 0 unspecified atom stereocenters. The van der Waals surface area contributed by atoms with Crippen LogP contribution in [-0.2, 0) is 5.33 Å². The highest BCUT2D eigenvalue weighted by Crippen LogP contribution is 2.28. The van der Waals surface area contributed by atoms with Crippen molar-refractivity contribution in [2.45, 2.75) is 12.8 Å². The predicted octanol–water partition coefficient (Wildman–Crippen LogP) is 5.13. The van der Waals surface area contributed by atoms with E-state index < -0.39 is 5.63 Å². The number of alkyl halides is 1. The lowest BCUT2D eigenvalue weighted by molar-refractivity contribution is 0.561. The summed E-state index contributed by atoms with van der Waals surface area (Å²) < 4.78 is 18.6. The second-order valence-corrected chi connectivity index (χ2v) is 5.01. The molecule has 0 radical (unpaired) electrons. The molecule has 1 heterocycles. The second-order valence-electron chi connectivity index (χ2n) is 4.45. The lowest BCUT2D eigenvalue weighted by Crippen LogP contribution is -1.98. The first-order valence-electron chi connectivity index (χ1n) is 6.06. The van der Waals surface area contributed by atoms with E-state index in [2.05, 4.69) is 15.9 Å². The minimum Gasteiger partial charge on any atom is -0.423 e. The van der Waals surface area contributed by atoms with Crippen LogP contribution in [0.2, 0.25) is 0 Å². The van der Waals surface area contributed by atoms with Gasteiger partial charge >= 0.3 is 5.63 Å². The Balaban J connectivity index is 0.00000161. The van der Waals surface area contributed by atoms with Gasteiger partial charge in [-0.2, -0.15) is 0 Å². The Kier molecular flexibility index (Phi) is 4.58. The van der Waals surface area contributed by atoms with Gasteiger partial charge in [0.1, 0.15) is 11.4 Å². The van der Waals surface area contributed by atoms with Crippen molar-refractivity contribution in [3.8, 4) is 11.1 Å². The van der Waals surface area contributed by atoms with Crippen molar-refractivity contribution in [2.24, 2.45) is 0 Å². The zero-order valence-electron chi connectivity index (χ0n) is 10.4. The zero-order valence-corrected chi connectivity index (χ0v) is 12.0. The summed E-state index contributed by atoms with van der Waals surface area (Å²) in [6.07, 6.45) is 0. The molecular formula is C17H14BrFO2. The van der Waals surface area contributed by atoms with Crippen LogP contribution in [0.1, 0.15) is 13.0 Å². The third kappa shape index (κ3) is 3.05. The van der Waals surface area contributed by atoms with Gasteiger partial charge < -0.3 is 4.42 Å². The van der Waals surface area contributed by atoms with Crippen LogP contribution < -0.4 is 5.63 Å². The molecular weight excluding hydrogens is 335 g/mol. The fraction of sp³-hybridized carbons (Fsp3) is 0.118. The highest BCUT2D eigenvalue weighted by Gasteiger charge is 2.09. The minimum absolute atomic E-state index is 0. The third-order valence-corrected chi connectivity index (χ3v) is 3.75. The van der Waals surface area contributed by atoms with Crippen LogP contribution in [0.15, 0.2) is 57.7 Å². The van der Waals surface area contributed by atoms with Crippen molar-refractivity contribution in [3.63, 3.8) is 0 Å². The molecule has 0 saturated carbocycles. The normalized spacial score (nSPS) is 10.4. The fourth-order valence-electron chi connectivity index (χ4n) is 2.19. The van der Waals surface area contributed by atoms with Gasteiger partial charge in [-0.1, -0.05) is 47.6 Å². The van der Waals surface area contributed by atoms with Crippen LogP contribution in [-0.4, -0.2) is 0 Å². The Morgan fingerprint density at radius 3 is 2.62 bits per heavy atom. The first-order valence-corrected chi connectivity index (χ1v) is 7.18. The minimum atomic E-state index is -0.441. The molecule has 2 aromatic carbocycles. The number of rotatable bonds is 2. The van der Waals surface area contributed by atoms with Crippen molar-refractivity contribution in [3.05, 3.63) is 70.3 Å². The van der Waals surface area contributed by atoms with E-state index in [1.54, 1.807) is 12.1 Å². The molecule has 0 bridgehead atoms. The molecule has 2 nitrogen and oxygen atoms in total. The number of benzene rings is 2. The standard InChI is InChI=1S/C16H10BrFO2.CH4/c17-9-10-4-5-13-14(8-16(19)20-15(13)6-10)11-2-1-3-12(18)7-11;/h1-8H,9H2;1H4. The van der Waals surface area contributed by atoms with Gasteiger partial charge in [-0.05, 0) is 34.9 Å². The summed E-state index contributed by atoms with van der Waals surface area (Å²) in [5.41, 5.74) is 2.42. The summed E-state index contributed by atoms with van der Waals surface area (Å²) in [6.45, 7) is 0. The Labute approximate surface area is 130 Å². The Bertz CT molecular complexity index is 840. The van der Waals surface area contributed by atoms with E-state index in [1.165, 1.54) is 18.2 Å². The average molecular weight is 349 g/mol. The number of fused-ring (bicyclic) bond motifs is 1. The summed E-state index contributed by atoms with van der Waals surface area (Å²) in [5, 5.41) is 1.47. The van der Waals surface area contributed by atoms with E-state index in [0.29, 0.717) is 22.0 Å². The van der Waals surface area contributed by atoms with Crippen LogP contribution in [0.4, 0.5) is 4.39 Å². The van der Waals surface area contributed by atoms with Crippen molar-refractivity contribution in [1.29, 1.82) is 0 Å². The first kappa shape index (κ1) is 15.4. The van der Waals surface area contributed by atoms with Gasteiger partial charge in [-0.3, -0.25) is 0 Å². The second kappa shape index (κ2) is 6.22. The SMILES string of the molecule is C.O=c1cc(-c2cccc(F)c2)c2ccc(CBr)cc2o1. The summed E-state index contributed by atoms with van der Waals surface area (Å²) in [7, 11) is 0. The van der Waals surface area contributed by atoms with Gasteiger partial charge in [0.25, 0.3) is 0 Å². The van der Waals surface area contributed by atoms with Gasteiger partial charge in [-0.15, -0.1) is 0 Å². The molecule has 3 aromatic rings. The average Bonchev–Trinajstić information content (AvgIpc) is 2.45. The predicted molar refractivity (Wildman–Crippen MR) is 87.2 cm³/mol. The van der Waals surface area contributed by atoms with Gasteiger partial charge in [0.05, 0.1) is 0 Å². The Morgan fingerprint density at radius 1 is 1.10 bits per heavy atom. The highest BCUT2D eigenvalue weighted by atomic mass is 79.9. The maximum atomic E-state index is 13.4. The van der Waals surface area contributed by atoms with E-state index in [0.717, 1.165) is 10.9 Å². The molecule has 0 saturated heterocycles. The highest BCUT2D eigenvalue weighted by molar-refractivity contribution is 9.08. The van der Waals surface area contributed by atoms with E-state index in [4.69, 9.17) is 4.42 Å². The van der Waals surface area contributed by atoms with Crippen molar-refractivity contribution in [2.75, 3.05) is 0 Å². The van der Waals surface area contributed by atoms with Crippen LogP contribution in [0.3, 0.4) is 0 Å². The molecule has 21 heavy (non-hydrogen) atoms. The van der Waals surface area contributed by atoms with E-state index >= 15 is 0 Å². The van der Waals surface area contributed by atoms with Crippen molar-refractivity contribution < 1.29 is 8.81 Å². The molecule has 0 aliphatic carbocycles. The van der Waals surface area contributed by atoms with Crippen LogP contribution in [0.25, 0.3) is 22.1 Å². The fourth-order valence-corrected chi connectivity index (χ4v) is 2.53. The molecule has 0 atom stereocenters. The van der Waals surface area contributed by atoms with Crippen molar-refractivity contribution >= 4 is 26.9 Å². The molecule has 3 rings (SSSR count). The monoisotopic (exact) mass is 348 g/mol. The zero-order chi connectivity index (χ0) is 14.1. The van der Waals surface area contributed by atoms with E-state index in [-0.39, 0.29) is 13.2 Å². The lowest BCUT2D eigenvalue weighted by Gasteiger charge is -2.06. The van der Waals surface area contributed by atoms with Gasteiger partial charge in [0, 0.05) is 16.8 Å². The van der Waals surface area contributed by atoms with Crippen LogP contribution in [0, 0.1) is 5.82 Å². The lowest BCUT2D eigenvalue weighted by atomic mass is 10.0. The molecule has 4 heteroatoms. The Morgan fingerprint density at radius 2 is 1.90 bits per heavy atom. The van der Waals surface area contributed by atoms with E-state index in [9.17, 15) is 9.18 Å². The molecule has 1 aromatic heterocycles. The molecule has 108 valence electrons. The molecule has 0 N–H and O–H groups in total. The van der Waals surface area contributed by atoms with Crippen LogP contribution >= 0.6 is 15.9 Å². The maximum Gasteiger partial charge on any atom is 0.336 e.